The van der Waals surface area contributed by atoms with Gasteiger partial charge in [-0.15, -0.1) is 0 Å². The highest BCUT2D eigenvalue weighted by molar-refractivity contribution is 7.91. The molecule has 18 heavy (non-hydrogen) atoms. The van der Waals surface area contributed by atoms with Crippen LogP contribution in [0.5, 0.6) is 0 Å². The number of sulfone groups is 1. The van der Waals surface area contributed by atoms with Gasteiger partial charge in [0.15, 0.2) is 9.84 Å². The number of anilines is 1. The molecule has 3 nitrogen and oxygen atoms in total. The van der Waals surface area contributed by atoms with Crippen LogP contribution in [0.25, 0.3) is 0 Å². The van der Waals surface area contributed by atoms with Gasteiger partial charge in [-0.1, -0.05) is 41.7 Å². The fraction of sp³-hybridized carbons (Fsp3) is 0.455. The van der Waals surface area contributed by atoms with E-state index < -0.39 is 9.84 Å². The van der Waals surface area contributed by atoms with Gasteiger partial charge in [0, 0.05) is 17.3 Å². The topological polar surface area (TPSA) is 46.2 Å². The van der Waals surface area contributed by atoms with Gasteiger partial charge >= 0.3 is 0 Å². The molecule has 1 rings (SSSR count). The number of rotatable bonds is 6. The van der Waals surface area contributed by atoms with Crippen molar-refractivity contribution in [1.29, 1.82) is 0 Å². The van der Waals surface area contributed by atoms with Crippen molar-refractivity contribution in [2.75, 3.05) is 23.4 Å². The lowest BCUT2D eigenvalue weighted by Crippen LogP contribution is -2.18. The van der Waals surface area contributed by atoms with Crippen molar-refractivity contribution in [3.05, 3.63) is 27.2 Å². The maximum atomic E-state index is 11.5. The van der Waals surface area contributed by atoms with Crippen LogP contribution in [-0.4, -0.2) is 26.5 Å². The van der Waals surface area contributed by atoms with Crippen molar-refractivity contribution in [2.24, 2.45) is 0 Å². The van der Waals surface area contributed by atoms with Crippen LogP contribution in [0.4, 0.5) is 5.69 Å². The molecule has 0 amide bonds. The number of halogens is 3. The molecule has 1 aromatic carbocycles. The Labute approximate surface area is 122 Å². The summed E-state index contributed by atoms with van der Waals surface area (Å²) < 4.78 is 23.0. The average Bonchev–Trinajstić information content (AvgIpc) is 2.21. The monoisotopic (exact) mass is 329 g/mol. The van der Waals surface area contributed by atoms with Crippen LogP contribution >= 0.6 is 34.8 Å². The predicted octanol–water partition coefficient (Wildman–Crippen LogP) is 3.88. The maximum Gasteiger partial charge on any atom is 0.152 e. The number of benzene rings is 1. The third-order valence-electron chi connectivity index (χ3n) is 2.24. The first-order valence-electron chi connectivity index (χ1n) is 5.44. The lowest BCUT2D eigenvalue weighted by Gasteiger charge is -2.11. The molecular formula is C11H14Cl3NO2S. The normalized spacial score (nSPS) is 11.6. The van der Waals surface area contributed by atoms with Crippen molar-refractivity contribution in [1.82, 2.24) is 0 Å². The lowest BCUT2D eigenvalue weighted by atomic mass is 10.3. The molecule has 0 atom stereocenters. The maximum absolute atomic E-state index is 11.5. The van der Waals surface area contributed by atoms with E-state index in [0.29, 0.717) is 27.2 Å². The molecule has 0 fully saturated rings. The quantitative estimate of drug-likeness (QED) is 0.861. The van der Waals surface area contributed by atoms with Crippen LogP contribution < -0.4 is 5.32 Å². The van der Waals surface area contributed by atoms with Crippen molar-refractivity contribution in [3.8, 4) is 0 Å². The Kier molecular flexibility index (Phi) is 6.05. The zero-order valence-electron chi connectivity index (χ0n) is 9.84. The first-order chi connectivity index (χ1) is 8.35. The molecule has 0 bridgehead atoms. The summed E-state index contributed by atoms with van der Waals surface area (Å²) in [6.45, 7) is 2.10. The van der Waals surface area contributed by atoms with E-state index >= 15 is 0 Å². The van der Waals surface area contributed by atoms with Gasteiger partial charge in [0.25, 0.3) is 0 Å². The lowest BCUT2D eigenvalue weighted by molar-refractivity contribution is 0.595. The summed E-state index contributed by atoms with van der Waals surface area (Å²) in [4.78, 5) is 0. The zero-order chi connectivity index (χ0) is 13.8. The van der Waals surface area contributed by atoms with E-state index in [9.17, 15) is 8.42 Å². The third-order valence-corrected chi connectivity index (χ3v) is 4.91. The standard InChI is InChI=1S/C11H14Cl3NO2S/c1-2-4-18(16,17)5-3-15-11-9(13)6-8(12)7-10(11)14/h6-7,15H,2-5H2,1H3. The Hall–Kier alpha value is -0.160. The predicted molar refractivity (Wildman–Crippen MR) is 78.9 cm³/mol. The summed E-state index contributed by atoms with van der Waals surface area (Å²) >= 11 is 17.7. The second kappa shape index (κ2) is 6.85. The van der Waals surface area contributed by atoms with Crippen molar-refractivity contribution in [3.63, 3.8) is 0 Å². The molecule has 0 aliphatic rings. The smallest absolute Gasteiger partial charge is 0.152 e. The van der Waals surface area contributed by atoms with Gasteiger partial charge in [0.05, 0.1) is 21.5 Å². The third kappa shape index (κ3) is 4.84. The molecule has 0 unspecified atom stereocenters. The van der Waals surface area contributed by atoms with Gasteiger partial charge in [-0.3, -0.25) is 0 Å². The second-order valence-corrected chi connectivity index (χ2v) is 7.38. The fourth-order valence-electron chi connectivity index (χ4n) is 1.46. The minimum absolute atomic E-state index is 0.0517. The summed E-state index contributed by atoms with van der Waals surface area (Å²) in [5.41, 5.74) is 0.509. The highest BCUT2D eigenvalue weighted by Gasteiger charge is 2.11. The van der Waals surface area contributed by atoms with Gasteiger partial charge in [-0.25, -0.2) is 8.42 Å². The van der Waals surface area contributed by atoms with Gasteiger partial charge < -0.3 is 5.32 Å². The van der Waals surface area contributed by atoms with E-state index in [1.807, 2.05) is 6.92 Å². The molecule has 7 heteroatoms. The molecular weight excluding hydrogens is 317 g/mol. The molecule has 1 N–H and O–H groups in total. The molecule has 0 heterocycles. The van der Waals surface area contributed by atoms with Gasteiger partial charge in [-0.05, 0) is 18.6 Å². The summed E-state index contributed by atoms with van der Waals surface area (Å²) in [7, 11) is -3.01. The van der Waals surface area contributed by atoms with Gasteiger partial charge in [0.2, 0.25) is 0 Å². The highest BCUT2D eigenvalue weighted by atomic mass is 35.5. The summed E-state index contributed by atoms with van der Waals surface area (Å²) in [5, 5.41) is 4.11. The Morgan fingerprint density at radius 2 is 1.67 bits per heavy atom. The molecule has 0 aromatic heterocycles. The average molecular weight is 331 g/mol. The highest BCUT2D eigenvalue weighted by Crippen LogP contribution is 2.33. The van der Waals surface area contributed by atoms with Crippen LogP contribution in [0.2, 0.25) is 15.1 Å². The Morgan fingerprint density at radius 3 is 2.17 bits per heavy atom. The first kappa shape index (κ1) is 15.9. The molecule has 102 valence electrons. The van der Waals surface area contributed by atoms with Crippen LogP contribution in [0.3, 0.4) is 0 Å². The number of hydrogen-bond acceptors (Lipinski definition) is 3. The fourth-order valence-corrected chi connectivity index (χ4v) is 3.65. The summed E-state index contributed by atoms with van der Waals surface area (Å²) in [6, 6.07) is 3.11. The molecule has 0 aliphatic heterocycles. The van der Waals surface area contributed by atoms with Crippen molar-refractivity contribution in [2.45, 2.75) is 13.3 Å². The van der Waals surface area contributed by atoms with Gasteiger partial charge in [0.1, 0.15) is 0 Å². The minimum atomic E-state index is -3.01. The molecule has 0 saturated heterocycles. The zero-order valence-corrected chi connectivity index (χ0v) is 12.9. The van der Waals surface area contributed by atoms with Gasteiger partial charge in [-0.2, -0.15) is 0 Å². The van der Waals surface area contributed by atoms with Crippen molar-refractivity contribution < 1.29 is 8.42 Å². The molecule has 0 spiro atoms. The van der Waals surface area contributed by atoms with Crippen LogP contribution in [0.15, 0.2) is 12.1 Å². The SMILES string of the molecule is CCCS(=O)(=O)CCNc1c(Cl)cc(Cl)cc1Cl. The molecule has 0 aliphatic carbocycles. The molecule has 0 radical (unpaired) electrons. The number of nitrogens with one attached hydrogen (secondary N) is 1. The van der Waals surface area contributed by atoms with Crippen LogP contribution in [0, 0.1) is 0 Å². The van der Waals surface area contributed by atoms with Crippen LogP contribution in [0.1, 0.15) is 13.3 Å². The van der Waals surface area contributed by atoms with Crippen LogP contribution in [-0.2, 0) is 9.84 Å². The largest absolute Gasteiger partial charge is 0.382 e. The van der Waals surface area contributed by atoms with E-state index in [1.165, 1.54) is 0 Å². The van der Waals surface area contributed by atoms with E-state index in [-0.39, 0.29) is 18.1 Å². The Bertz CT molecular complexity index is 494. The second-order valence-electron chi connectivity index (χ2n) is 3.82. The Balaban J connectivity index is 2.65. The minimum Gasteiger partial charge on any atom is -0.382 e. The van der Waals surface area contributed by atoms with E-state index in [2.05, 4.69) is 5.32 Å². The van der Waals surface area contributed by atoms with E-state index in [0.717, 1.165) is 0 Å². The molecule has 1 aromatic rings. The van der Waals surface area contributed by atoms with E-state index in [1.54, 1.807) is 12.1 Å². The summed E-state index contributed by atoms with van der Waals surface area (Å²) in [5.74, 6) is 0.243. The van der Waals surface area contributed by atoms with Crippen molar-refractivity contribution >= 4 is 50.3 Å². The number of hydrogen-bond donors (Lipinski definition) is 1. The Morgan fingerprint density at radius 1 is 1.11 bits per heavy atom. The summed E-state index contributed by atoms with van der Waals surface area (Å²) in [6.07, 6.45) is 0.616. The van der Waals surface area contributed by atoms with E-state index in [4.69, 9.17) is 34.8 Å². The molecule has 0 saturated carbocycles. The first-order valence-corrected chi connectivity index (χ1v) is 8.40.